The van der Waals surface area contributed by atoms with Crippen molar-refractivity contribution in [3.63, 3.8) is 0 Å². The van der Waals surface area contributed by atoms with Crippen LogP contribution >= 0.6 is 11.8 Å². The highest BCUT2D eigenvalue weighted by atomic mass is 32.2. The lowest BCUT2D eigenvalue weighted by molar-refractivity contribution is -0.121. The van der Waals surface area contributed by atoms with Gasteiger partial charge >= 0.3 is 0 Å². The van der Waals surface area contributed by atoms with Crippen molar-refractivity contribution in [1.29, 1.82) is 0 Å². The Morgan fingerprint density at radius 3 is 2.54 bits per heavy atom. The second-order valence-electron chi connectivity index (χ2n) is 8.34. The van der Waals surface area contributed by atoms with Gasteiger partial charge in [0.1, 0.15) is 11.6 Å². The molecule has 0 spiro atoms. The lowest BCUT2D eigenvalue weighted by atomic mass is 10.2. The number of benzene rings is 3. The molecule has 0 aliphatic heterocycles. The summed E-state index contributed by atoms with van der Waals surface area (Å²) in [5, 5.41) is 12.8. The van der Waals surface area contributed by atoms with Gasteiger partial charge in [0.15, 0.2) is 5.16 Å². The number of thioether (sulfide) groups is 1. The van der Waals surface area contributed by atoms with E-state index in [-0.39, 0.29) is 5.91 Å². The van der Waals surface area contributed by atoms with Crippen molar-refractivity contribution in [2.75, 3.05) is 7.11 Å². The summed E-state index contributed by atoms with van der Waals surface area (Å²) in [6, 6.07) is 26.5. The van der Waals surface area contributed by atoms with Crippen LogP contribution in [0.25, 0.3) is 0 Å². The minimum absolute atomic E-state index is 0.0286. The van der Waals surface area contributed by atoms with Gasteiger partial charge in [-0.05, 0) is 24.1 Å². The first-order valence-electron chi connectivity index (χ1n) is 11.7. The molecule has 0 fully saturated rings. The van der Waals surface area contributed by atoms with Crippen molar-refractivity contribution in [1.82, 2.24) is 20.1 Å². The summed E-state index contributed by atoms with van der Waals surface area (Å²) in [7, 11) is 1.63. The van der Waals surface area contributed by atoms with E-state index in [9.17, 15) is 4.79 Å². The van der Waals surface area contributed by atoms with Crippen LogP contribution in [0.1, 0.15) is 34.5 Å². The number of aromatic nitrogens is 3. The van der Waals surface area contributed by atoms with Gasteiger partial charge in [-0.2, -0.15) is 0 Å². The molecule has 0 radical (unpaired) electrons. The highest BCUT2D eigenvalue weighted by Gasteiger charge is 2.15. The van der Waals surface area contributed by atoms with Crippen LogP contribution in [-0.4, -0.2) is 27.8 Å². The van der Waals surface area contributed by atoms with E-state index >= 15 is 0 Å². The Balaban J connectivity index is 1.42. The number of amides is 1. The molecule has 0 aliphatic rings. The topological polar surface area (TPSA) is 69.0 Å². The van der Waals surface area contributed by atoms with Crippen LogP contribution in [0, 0.1) is 6.92 Å². The zero-order chi connectivity index (χ0) is 24.5. The van der Waals surface area contributed by atoms with E-state index in [0.717, 1.165) is 28.0 Å². The standard InChI is InChI=1S/C28H30N4O2S/c1-21-9-8-12-23(17-21)20-35-28-31-30-26(32(28)19-22-10-4-3-5-11-22)15-16-27(33)29-18-24-13-6-7-14-25(24)34-2/h3-14,17H,15-16,18-20H2,1-2H3,(H,29,33). The molecular formula is C28H30N4O2S. The maximum Gasteiger partial charge on any atom is 0.220 e. The summed E-state index contributed by atoms with van der Waals surface area (Å²) in [5.41, 5.74) is 4.62. The number of nitrogens with one attached hydrogen (secondary N) is 1. The average molecular weight is 487 g/mol. The van der Waals surface area contributed by atoms with Crippen molar-refractivity contribution < 1.29 is 9.53 Å². The molecule has 0 aliphatic carbocycles. The summed E-state index contributed by atoms with van der Waals surface area (Å²) in [6.07, 6.45) is 0.854. The summed E-state index contributed by atoms with van der Waals surface area (Å²) in [6.45, 7) is 3.20. The number of hydrogen-bond acceptors (Lipinski definition) is 5. The minimum Gasteiger partial charge on any atom is -0.496 e. The largest absolute Gasteiger partial charge is 0.496 e. The molecule has 1 heterocycles. The first-order chi connectivity index (χ1) is 17.1. The lowest BCUT2D eigenvalue weighted by Crippen LogP contribution is -2.23. The third kappa shape index (κ3) is 6.96. The highest BCUT2D eigenvalue weighted by Crippen LogP contribution is 2.24. The van der Waals surface area contributed by atoms with E-state index < -0.39 is 0 Å². The van der Waals surface area contributed by atoms with Gasteiger partial charge in [-0.1, -0.05) is 90.1 Å². The van der Waals surface area contributed by atoms with Gasteiger partial charge < -0.3 is 14.6 Å². The summed E-state index contributed by atoms with van der Waals surface area (Å²) >= 11 is 1.67. The van der Waals surface area contributed by atoms with Gasteiger partial charge in [0, 0.05) is 30.7 Å². The fourth-order valence-corrected chi connectivity index (χ4v) is 4.74. The maximum absolute atomic E-state index is 12.6. The molecule has 1 aromatic heterocycles. The molecule has 3 aromatic carbocycles. The number of methoxy groups -OCH3 is 1. The monoisotopic (exact) mass is 486 g/mol. The number of ether oxygens (including phenoxy) is 1. The summed E-state index contributed by atoms with van der Waals surface area (Å²) < 4.78 is 7.50. The third-order valence-electron chi connectivity index (χ3n) is 5.67. The molecule has 0 bridgehead atoms. The molecule has 35 heavy (non-hydrogen) atoms. The predicted molar refractivity (Wildman–Crippen MR) is 139 cm³/mol. The first-order valence-corrected chi connectivity index (χ1v) is 12.6. The molecule has 0 saturated heterocycles. The van der Waals surface area contributed by atoms with E-state index in [2.05, 4.69) is 63.4 Å². The predicted octanol–water partition coefficient (Wildman–Crippen LogP) is 5.18. The normalized spacial score (nSPS) is 10.8. The van der Waals surface area contributed by atoms with Gasteiger partial charge in [-0.3, -0.25) is 4.79 Å². The molecule has 1 N–H and O–H groups in total. The zero-order valence-corrected chi connectivity index (χ0v) is 20.9. The van der Waals surface area contributed by atoms with Crippen LogP contribution in [0.4, 0.5) is 0 Å². The van der Waals surface area contributed by atoms with Crippen LogP contribution in [0.3, 0.4) is 0 Å². The molecule has 0 unspecified atom stereocenters. The number of hydrogen-bond donors (Lipinski definition) is 1. The van der Waals surface area contributed by atoms with Crippen molar-refractivity contribution >= 4 is 17.7 Å². The summed E-state index contributed by atoms with van der Waals surface area (Å²) in [5.74, 6) is 2.37. The van der Waals surface area contributed by atoms with Crippen molar-refractivity contribution in [2.45, 2.75) is 43.8 Å². The average Bonchev–Trinajstić information content (AvgIpc) is 3.26. The van der Waals surface area contributed by atoms with Crippen LogP contribution in [-0.2, 0) is 30.1 Å². The van der Waals surface area contributed by atoms with Crippen LogP contribution in [0.5, 0.6) is 5.75 Å². The Morgan fingerprint density at radius 1 is 0.971 bits per heavy atom. The van der Waals surface area contributed by atoms with Gasteiger partial charge in [0.05, 0.1) is 13.7 Å². The van der Waals surface area contributed by atoms with Crippen molar-refractivity contribution in [3.8, 4) is 5.75 Å². The van der Waals surface area contributed by atoms with E-state index in [1.165, 1.54) is 16.7 Å². The van der Waals surface area contributed by atoms with Gasteiger partial charge in [0.25, 0.3) is 0 Å². The number of carbonyl (C=O) groups is 1. The molecule has 0 saturated carbocycles. The molecule has 180 valence electrons. The maximum atomic E-state index is 12.6. The smallest absolute Gasteiger partial charge is 0.220 e. The number of nitrogens with zero attached hydrogens (tertiary/aromatic N) is 3. The molecule has 4 rings (SSSR count). The molecular weight excluding hydrogens is 456 g/mol. The van der Waals surface area contributed by atoms with Gasteiger partial charge in [0.2, 0.25) is 5.91 Å². The third-order valence-corrected chi connectivity index (χ3v) is 6.71. The number of para-hydroxylation sites is 1. The highest BCUT2D eigenvalue weighted by molar-refractivity contribution is 7.98. The molecule has 7 heteroatoms. The Labute approximate surface area is 210 Å². The molecule has 6 nitrogen and oxygen atoms in total. The fourth-order valence-electron chi connectivity index (χ4n) is 3.84. The molecule has 1 amide bonds. The second-order valence-corrected chi connectivity index (χ2v) is 9.28. The number of carbonyl (C=O) groups excluding carboxylic acids is 1. The fraction of sp³-hybridized carbons (Fsp3) is 0.250. The summed E-state index contributed by atoms with van der Waals surface area (Å²) in [4.78, 5) is 12.6. The quantitative estimate of drug-likeness (QED) is 0.296. The zero-order valence-electron chi connectivity index (χ0n) is 20.1. The SMILES string of the molecule is COc1ccccc1CNC(=O)CCc1nnc(SCc2cccc(C)c2)n1Cc1ccccc1. The van der Waals surface area contributed by atoms with Crippen LogP contribution in [0.2, 0.25) is 0 Å². The van der Waals surface area contributed by atoms with Gasteiger partial charge in [-0.15, -0.1) is 10.2 Å². The molecule has 4 aromatic rings. The number of rotatable bonds is 11. The van der Waals surface area contributed by atoms with E-state index in [1.54, 1.807) is 18.9 Å². The lowest BCUT2D eigenvalue weighted by Gasteiger charge is -2.11. The Morgan fingerprint density at radius 2 is 1.74 bits per heavy atom. The van der Waals surface area contributed by atoms with Crippen LogP contribution < -0.4 is 10.1 Å². The van der Waals surface area contributed by atoms with Crippen molar-refractivity contribution in [2.24, 2.45) is 0 Å². The second kappa shape index (κ2) is 12.2. The van der Waals surface area contributed by atoms with Crippen molar-refractivity contribution in [3.05, 3.63) is 107 Å². The Bertz CT molecular complexity index is 1260. The Kier molecular flexibility index (Phi) is 8.57. The first kappa shape index (κ1) is 24.5. The minimum atomic E-state index is -0.0286. The van der Waals surface area contributed by atoms with E-state index in [1.807, 2.05) is 42.5 Å². The van der Waals surface area contributed by atoms with E-state index in [4.69, 9.17) is 4.74 Å². The Hall–Kier alpha value is -3.58. The van der Waals surface area contributed by atoms with Crippen LogP contribution in [0.15, 0.2) is 84.0 Å². The number of aryl methyl sites for hydroxylation is 2. The van der Waals surface area contributed by atoms with E-state index in [0.29, 0.717) is 25.9 Å². The molecule has 0 atom stereocenters. The van der Waals surface area contributed by atoms with Gasteiger partial charge in [-0.25, -0.2) is 0 Å².